The predicted molar refractivity (Wildman–Crippen MR) is 94.3 cm³/mol. The molecule has 8 heteroatoms. The quantitative estimate of drug-likeness (QED) is 0.485. The van der Waals surface area contributed by atoms with E-state index in [9.17, 15) is 18.4 Å². The van der Waals surface area contributed by atoms with Crippen molar-refractivity contribution in [2.24, 2.45) is 0 Å². The van der Waals surface area contributed by atoms with Crippen LogP contribution in [0.25, 0.3) is 5.69 Å². The monoisotopic (exact) mass is 390 g/mol. The zero-order chi connectivity index (χ0) is 19.6. The van der Waals surface area contributed by atoms with E-state index >= 15 is 0 Å². The summed E-state index contributed by atoms with van der Waals surface area (Å²) in [6.45, 7) is 0.901. The van der Waals surface area contributed by atoms with E-state index in [-0.39, 0.29) is 22.0 Å². The molecular formula is C19H13ClF2N2O3. The van der Waals surface area contributed by atoms with E-state index in [0.717, 1.165) is 6.07 Å². The number of carbonyl (C=O) groups is 2. The van der Waals surface area contributed by atoms with E-state index in [4.69, 9.17) is 16.3 Å². The number of carbonyl (C=O) groups excluding carboxylic acids is 2. The van der Waals surface area contributed by atoms with Crippen molar-refractivity contribution in [2.75, 3.05) is 6.61 Å². The lowest BCUT2D eigenvalue weighted by molar-refractivity contribution is 0.0473. The highest BCUT2D eigenvalue weighted by Gasteiger charge is 2.23. The Balaban J connectivity index is 1.78. The second-order valence-corrected chi connectivity index (χ2v) is 5.98. The Morgan fingerprint density at radius 1 is 1.11 bits per heavy atom. The number of benzene rings is 2. The van der Waals surface area contributed by atoms with Gasteiger partial charge in [-0.3, -0.25) is 4.79 Å². The second-order valence-electron chi connectivity index (χ2n) is 5.62. The van der Waals surface area contributed by atoms with E-state index in [1.54, 1.807) is 6.92 Å². The van der Waals surface area contributed by atoms with Crippen molar-refractivity contribution in [2.45, 2.75) is 6.92 Å². The average molecular weight is 391 g/mol. The Kier molecular flexibility index (Phi) is 5.32. The number of hydrogen-bond donors (Lipinski definition) is 0. The van der Waals surface area contributed by atoms with Gasteiger partial charge in [0.05, 0.1) is 16.9 Å². The molecule has 0 saturated carbocycles. The number of nitrogens with zero attached hydrogens (tertiary/aromatic N) is 2. The van der Waals surface area contributed by atoms with E-state index in [1.807, 2.05) is 0 Å². The van der Waals surface area contributed by atoms with Crippen LogP contribution >= 0.6 is 11.6 Å². The first-order valence-electron chi connectivity index (χ1n) is 7.84. The minimum Gasteiger partial charge on any atom is -0.454 e. The molecule has 0 amide bonds. The number of halogens is 3. The maximum atomic E-state index is 13.6. The van der Waals surface area contributed by atoms with Gasteiger partial charge in [-0.15, -0.1) is 0 Å². The molecule has 3 rings (SSSR count). The Morgan fingerprint density at radius 3 is 2.44 bits per heavy atom. The Labute approximate surface area is 158 Å². The maximum Gasteiger partial charge on any atom is 0.343 e. The minimum absolute atomic E-state index is 0.0256. The molecule has 0 atom stereocenters. The highest BCUT2D eigenvalue weighted by molar-refractivity contribution is 6.33. The molecule has 3 aromatic rings. The number of aromatic nitrogens is 2. The third-order valence-electron chi connectivity index (χ3n) is 3.79. The van der Waals surface area contributed by atoms with Gasteiger partial charge < -0.3 is 4.74 Å². The number of ether oxygens (including phenoxy) is 1. The maximum absolute atomic E-state index is 13.6. The third-order valence-corrected chi connectivity index (χ3v) is 4.14. The van der Waals surface area contributed by atoms with Gasteiger partial charge in [0.2, 0.25) is 5.78 Å². The zero-order valence-electron chi connectivity index (χ0n) is 14.1. The number of rotatable bonds is 5. The summed E-state index contributed by atoms with van der Waals surface area (Å²) in [6.07, 6.45) is 0. The van der Waals surface area contributed by atoms with Crippen LogP contribution in [0.4, 0.5) is 8.78 Å². The summed E-state index contributed by atoms with van der Waals surface area (Å²) in [6, 6.07) is 10.8. The molecule has 0 spiro atoms. The van der Waals surface area contributed by atoms with Crippen molar-refractivity contribution in [1.82, 2.24) is 9.78 Å². The van der Waals surface area contributed by atoms with Gasteiger partial charge in [-0.05, 0) is 43.3 Å². The summed E-state index contributed by atoms with van der Waals surface area (Å²) in [5.41, 5.74) is 0.524. The van der Waals surface area contributed by atoms with E-state index in [1.165, 1.54) is 47.1 Å². The molecule has 1 aromatic heterocycles. The van der Waals surface area contributed by atoms with Crippen molar-refractivity contribution in [3.05, 3.63) is 82.1 Å². The van der Waals surface area contributed by atoms with Crippen LogP contribution in [0.5, 0.6) is 0 Å². The first-order valence-corrected chi connectivity index (χ1v) is 8.22. The SMILES string of the molecule is Cc1nn(-c2ccc(F)cc2)c(Cl)c1C(=O)OCC(=O)c1ccccc1F. The first-order chi connectivity index (χ1) is 12.9. The van der Waals surface area contributed by atoms with Crippen molar-refractivity contribution in [1.29, 1.82) is 0 Å². The fraction of sp³-hybridized carbons (Fsp3) is 0.105. The fourth-order valence-electron chi connectivity index (χ4n) is 2.45. The smallest absolute Gasteiger partial charge is 0.343 e. The topological polar surface area (TPSA) is 61.2 Å². The van der Waals surface area contributed by atoms with Crippen LogP contribution in [0, 0.1) is 18.6 Å². The van der Waals surface area contributed by atoms with Crippen LogP contribution in [-0.2, 0) is 4.74 Å². The van der Waals surface area contributed by atoms with Crippen LogP contribution in [0.3, 0.4) is 0 Å². The molecule has 5 nitrogen and oxygen atoms in total. The second kappa shape index (κ2) is 7.67. The summed E-state index contributed by atoms with van der Waals surface area (Å²) in [5.74, 6) is -2.67. The molecule has 0 fully saturated rings. The van der Waals surface area contributed by atoms with Crippen LogP contribution in [-0.4, -0.2) is 28.1 Å². The van der Waals surface area contributed by atoms with Crippen molar-refractivity contribution in [3.8, 4) is 5.69 Å². The third kappa shape index (κ3) is 3.88. The number of hydrogen-bond acceptors (Lipinski definition) is 4. The highest BCUT2D eigenvalue weighted by atomic mass is 35.5. The van der Waals surface area contributed by atoms with E-state index in [0.29, 0.717) is 5.69 Å². The molecule has 0 aliphatic carbocycles. The predicted octanol–water partition coefficient (Wildman–Crippen LogP) is 4.15. The first kappa shape index (κ1) is 18.7. The number of Topliss-reactive ketones (excluding diaryl/α,β-unsaturated/α-hetero) is 1. The van der Waals surface area contributed by atoms with E-state index in [2.05, 4.69) is 5.10 Å². The van der Waals surface area contributed by atoms with Gasteiger partial charge >= 0.3 is 5.97 Å². The molecule has 0 N–H and O–H groups in total. The van der Waals surface area contributed by atoms with Crippen molar-refractivity contribution in [3.63, 3.8) is 0 Å². The molecule has 0 bridgehead atoms. The lowest BCUT2D eigenvalue weighted by atomic mass is 10.1. The lowest BCUT2D eigenvalue weighted by Crippen LogP contribution is -2.16. The van der Waals surface area contributed by atoms with Crippen LogP contribution in [0.2, 0.25) is 5.15 Å². The standard InChI is InChI=1S/C19H13ClF2N2O3/c1-11-17(18(20)24(23-11)13-8-6-12(21)7-9-13)19(26)27-10-16(25)14-4-2-3-5-15(14)22/h2-9H,10H2,1H3. The Hall–Kier alpha value is -3.06. The summed E-state index contributed by atoms with van der Waals surface area (Å²) in [5, 5.41) is 4.11. The summed E-state index contributed by atoms with van der Waals surface area (Å²) >= 11 is 6.22. The summed E-state index contributed by atoms with van der Waals surface area (Å²) in [4.78, 5) is 24.4. The van der Waals surface area contributed by atoms with Gasteiger partial charge in [0.25, 0.3) is 0 Å². The molecule has 0 aliphatic heterocycles. The summed E-state index contributed by atoms with van der Waals surface area (Å²) < 4.78 is 32.9. The van der Waals surface area contributed by atoms with Gasteiger partial charge in [0.15, 0.2) is 6.61 Å². The number of esters is 1. The number of aryl methyl sites for hydroxylation is 1. The van der Waals surface area contributed by atoms with Gasteiger partial charge in [0, 0.05) is 0 Å². The molecule has 1 heterocycles. The van der Waals surface area contributed by atoms with Gasteiger partial charge in [-0.2, -0.15) is 5.10 Å². The Morgan fingerprint density at radius 2 is 1.78 bits per heavy atom. The largest absolute Gasteiger partial charge is 0.454 e. The molecule has 27 heavy (non-hydrogen) atoms. The lowest BCUT2D eigenvalue weighted by Gasteiger charge is -2.06. The number of ketones is 1. The average Bonchev–Trinajstić information content (AvgIpc) is 2.95. The molecule has 0 aliphatic rings. The highest BCUT2D eigenvalue weighted by Crippen LogP contribution is 2.24. The molecule has 138 valence electrons. The van der Waals surface area contributed by atoms with Crippen LogP contribution in [0.15, 0.2) is 48.5 Å². The van der Waals surface area contributed by atoms with Crippen molar-refractivity contribution >= 4 is 23.4 Å². The molecule has 0 radical (unpaired) electrons. The normalized spacial score (nSPS) is 10.7. The van der Waals surface area contributed by atoms with Crippen LogP contribution < -0.4 is 0 Å². The van der Waals surface area contributed by atoms with Crippen molar-refractivity contribution < 1.29 is 23.1 Å². The molecular weight excluding hydrogens is 378 g/mol. The van der Waals surface area contributed by atoms with E-state index < -0.39 is 30.0 Å². The molecule has 0 saturated heterocycles. The summed E-state index contributed by atoms with van der Waals surface area (Å²) in [7, 11) is 0. The van der Waals surface area contributed by atoms with Gasteiger partial charge in [0.1, 0.15) is 22.4 Å². The molecule has 2 aromatic carbocycles. The fourth-order valence-corrected chi connectivity index (χ4v) is 2.80. The zero-order valence-corrected chi connectivity index (χ0v) is 14.8. The van der Waals surface area contributed by atoms with Gasteiger partial charge in [-0.1, -0.05) is 23.7 Å². The minimum atomic E-state index is -0.865. The van der Waals surface area contributed by atoms with Gasteiger partial charge in [-0.25, -0.2) is 18.3 Å². The van der Waals surface area contributed by atoms with Crippen LogP contribution in [0.1, 0.15) is 26.4 Å². The Bertz CT molecular complexity index is 1020. The molecule has 0 unspecified atom stereocenters.